The van der Waals surface area contributed by atoms with E-state index in [0.717, 1.165) is 17.5 Å². The Balaban J connectivity index is 1.54. The Kier molecular flexibility index (Phi) is 5.12. The number of hydrogen-bond donors (Lipinski definition) is 1. The summed E-state index contributed by atoms with van der Waals surface area (Å²) >= 11 is 1.27. The van der Waals surface area contributed by atoms with E-state index < -0.39 is 5.82 Å². The molecule has 5 nitrogen and oxygen atoms in total. The second-order valence-corrected chi connectivity index (χ2v) is 5.82. The van der Waals surface area contributed by atoms with Gasteiger partial charge in [0.2, 0.25) is 5.91 Å². The minimum Gasteiger partial charge on any atom is -0.310 e. The van der Waals surface area contributed by atoms with Crippen molar-refractivity contribution in [1.29, 1.82) is 0 Å². The van der Waals surface area contributed by atoms with E-state index in [1.807, 2.05) is 42.5 Å². The molecule has 1 N–H and O–H groups in total. The lowest BCUT2D eigenvalue weighted by Crippen LogP contribution is -2.15. The molecule has 0 aliphatic heterocycles. The summed E-state index contributed by atoms with van der Waals surface area (Å²) in [5, 5.41) is 11.5. The minimum atomic E-state index is -0.448. The predicted molar refractivity (Wildman–Crippen MR) is 91.0 cm³/mol. The van der Waals surface area contributed by atoms with Crippen LogP contribution in [0.2, 0.25) is 0 Å². The summed E-state index contributed by atoms with van der Waals surface area (Å²) in [5.41, 5.74) is 1.77. The fourth-order valence-electron chi connectivity index (χ4n) is 1.93. The van der Waals surface area contributed by atoms with Gasteiger partial charge < -0.3 is 5.32 Å². The third-order valence-corrected chi connectivity index (χ3v) is 3.98. The van der Waals surface area contributed by atoms with E-state index in [4.69, 9.17) is 0 Å². The first-order valence-corrected chi connectivity index (χ1v) is 8.12. The van der Waals surface area contributed by atoms with Crippen LogP contribution in [0.1, 0.15) is 0 Å². The maximum absolute atomic E-state index is 12.8. The zero-order chi connectivity index (χ0) is 16.8. The fraction of sp³-hybridized carbons (Fsp3) is 0.0588. The SMILES string of the molecule is O=C(CSc1ccc(-c2ccccc2)nn1)Nc1ccc(F)cn1. The Morgan fingerprint density at radius 3 is 2.54 bits per heavy atom. The largest absolute Gasteiger partial charge is 0.310 e. The zero-order valence-electron chi connectivity index (χ0n) is 12.5. The number of nitrogens with one attached hydrogen (secondary N) is 1. The molecule has 1 amide bonds. The molecule has 2 aromatic heterocycles. The normalized spacial score (nSPS) is 10.4. The molecule has 120 valence electrons. The van der Waals surface area contributed by atoms with Crippen LogP contribution in [-0.2, 0) is 4.79 Å². The maximum atomic E-state index is 12.8. The summed E-state index contributed by atoms with van der Waals surface area (Å²) in [6.45, 7) is 0. The van der Waals surface area contributed by atoms with Crippen molar-refractivity contribution in [3.05, 3.63) is 66.6 Å². The number of amides is 1. The minimum absolute atomic E-state index is 0.165. The first kappa shape index (κ1) is 16.1. The highest BCUT2D eigenvalue weighted by Gasteiger charge is 2.07. The quantitative estimate of drug-likeness (QED) is 0.721. The van der Waals surface area contributed by atoms with Gasteiger partial charge in [-0.1, -0.05) is 42.1 Å². The molecule has 0 radical (unpaired) electrons. The molecule has 0 saturated carbocycles. The number of aromatic nitrogens is 3. The van der Waals surface area contributed by atoms with Gasteiger partial charge in [-0.15, -0.1) is 10.2 Å². The molecule has 0 aliphatic rings. The molecule has 24 heavy (non-hydrogen) atoms. The van der Waals surface area contributed by atoms with Gasteiger partial charge in [-0.2, -0.15) is 0 Å². The molecule has 0 bridgehead atoms. The molecule has 0 unspecified atom stereocenters. The molecular formula is C17H13FN4OS. The number of hydrogen-bond acceptors (Lipinski definition) is 5. The smallest absolute Gasteiger partial charge is 0.235 e. The fourth-order valence-corrected chi connectivity index (χ4v) is 2.54. The van der Waals surface area contributed by atoms with Crippen LogP contribution < -0.4 is 5.32 Å². The van der Waals surface area contributed by atoms with E-state index in [9.17, 15) is 9.18 Å². The monoisotopic (exact) mass is 340 g/mol. The van der Waals surface area contributed by atoms with Crippen molar-refractivity contribution in [2.24, 2.45) is 0 Å². The van der Waals surface area contributed by atoms with E-state index in [-0.39, 0.29) is 11.7 Å². The number of nitrogens with zero attached hydrogens (tertiary/aromatic N) is 3. The average Bonchev–Trinajstić information content (AvgIpc) is 2.63. The predicted octanol–water partition coefficient (Wildman–Crippen LogP) is 3.41. The van der Waals surface area contributed by atoms with Crippen LogP contribution in [-0.4, -0.2) is 26.8 Å². The first-order valence-electron chi connectivity index (χ1n) is 7.14. The lowest BCUT2D eigenvalue weighted by Gasteiger charge is -2.04. The highest BCUT2D eigenvalue weighted by Crippen LogP contribution is 2.19. The molecule has 0 saturated heterocycles. The Hall–Kier alpha value is -2.80. The lowest BCUT2D eigenvalue weighted by molar-refractivity contribution is -0.113. The number of benzene rings is 1. The topological polar surface area (TPSA) is 67.8 Å². The Labute approximate surface area is 142 Å². The summed E-state index contributed by atoms with van der Waals surface area (Å²) in [6.07, 6.45) is 1.05. The average molecular weight is 340 g/mol. The second kappa shape index (κ2) is 7.65. The molecule has 0 fully saturated rings. The van der Waals surface area contributed by atoms with Crippen molar-refractivity contribution in [2.45, 2.75) is 5.03 Å². The molecule has 7 heteroatoms. The van der Waals surface area contributed by atoms with Crippen LogP contribution in [0.5, 0.6) is 0 Å². The van der Waals surface area contributed by atoms with Crippen LogP contribution in [0.4, 0.5) is 10.2 Å². The number of carbonyl (C=O) groups excluding carboxylic acids is 1. The molecule has 1 aromatic carbocycles. The zero-order valence-corrected chi connectivity index (χ0v) is 13.3. The van der Waals surface area contributed by atoms with Crippen molar-refractivity contribution >= 4 is 23.5 Å². The van der Waals surface area contributed by atoms with Crippen molar-refractivity contribution in [3.63, 3.8) is 0 Å². The lowest BCUT2D eigenvalue weighted by atomic mass is 10.1. The summed E-state index contributed by atoms with van der Waals surface area (Å²) < 4.78 is 12.8. The second-order valence-electron chi connectivity index (χ2n) is 4.82. The van der Waals surface area contributed by atoms with E-state index >= 15 is 0 Å². The molecule has 0 atom stereocenters. The summed E-state index contributed by atoms with van der Waals surface area (Å²) in [6, 6.07) is 16.1. The number of rotatable bonds is 5. The summed E-state index contributed by atoms with van der Waals surface area (Å²) in [4.78, 5) is 15.6. The van der Waals surface area contributed by atoms with Gasteiger partial charge in [0, 0.05) is 5.56 Å². The van der Waals surface area contributed by atoms with Crippen LogP contribution in [0.3, 0.4) is 0 Å². The van der Waals surface area contributed by atoms with Gasteiger partial charge in [-0.25, -0.2) is 9.37 Å². The Bertz CT molecular complexity index is 810. The van der Waals surface area contributed by atoms with Gasteiger partial charge in [0.05, 0.1) is 17.6 Å². The third kappa shape index (κ3) is 4.36. The van der Waals surface area contributed by atoms with E-state index in [1.165, 1.54) is 23.9 Å². The molecule has 3 rings (SSSR count). The van der Waals surface area contributed by atoms with Gasteiger partial charge in [-0.05, 0) is 24.3 Å². The van der Waals surface area contributed by atoms with Crippen molar-refractivity contribution in [3.8, 4) is 11.3 Å². The summed E-state index contributed by atoms with van der Waals surface area (Å²) in [7, 11) is 0. The van der Waals surface area contributed by atoms with Crippen LogP contribution in [0.15, 0.2) is 65.8 Å². The summed E-state index contributed by atoms with van der Waals surface area (Å²) in [5.74, 6) is -0.213. The maximum Gasteiger partial charge on any atom is 0.235 e. The number of halogens is 1. The van der Waals surface area contributed by atoms with E-state index in [2.05, 4.69) is 20.5 Å². The molecule has 2 heterocycles. The standard InChI is InChI=1S/C17H13FN4OS/c18-13-6-8-15(19-10-13)20-16(23)11-24-17-9-7-14(21-22-17)12-4-2-1-3-5-12/h1-10H,11H2,(H,19,20,23). The van der Waals surface area contributed by atoms with Crippen molar-refractivity contribution < 1.29 is 9.18 Å². The molecular weight excluding hydrogens is 327 g/mol. The van der Waals surface area contributed by atoms with Gasteiger partial charge in [0.25, 0.3) is 0 Å². The Morgan fingerprint density at radius 2 is 1.88 bits per heavy atom. The number of pyridine rings is 1. The number of carbonyl (C=O) groups is 1. The molecule has 3 aromatic rings. The number of thioether (sulfide) groups is 1. The highest BCUT2D eigenvalue weighted by molar-refractivity contribution is 7.99. The number of anilines is 1. The van der Waals surface area contributed by atoms with Crippen LogP contribution in [0, 0.1) is 5.82 Å². The Morgan fingerprint density at radius 1 is 1.04 bits per heavy atom. The van der Waals surface area contributed by atoms with Gasteiger partial charge in [0.1, 0.15) is 16.7 Å². The van der Waals surface area contributed by atoms with Crippen LogP contribution in [0.25, 0.3) is 11.3 Å². The third-order valence-electron chi connectivity index (χ3n) is 3.06. The van der Waals surface area contributed by atoms with Crippen molar-refractivity contribution in [2.75, 3.05) is 11.1 Å². The molecule has 0 aliphatic carbocycles. The first-order chi connectivity index (χ1) is 11.7. The van der Waals surface area contributed by atoms with Crippen molar-refractivity contribution in [1.82, 2.24) is 15.2 Å². The van der Waals surface area contributed by atoms with E-state index in [0.29, 0.717) is 10.8 Å². The highest BCUT2D eigenvalue weighted by atomic mass is 32.2. The van der Waals surface area contributed by atoms with Crippen LogP contribution >= 0.6 is 11.8 Å². The molecule has 0 spiro atoms. The van der Waals surface area contributed by atoms with Gasteiger partial charge in [-0.3, -0.25) is 4.79 Å². The van der Waals surface area contributed by atoms with E-state index in [1.54, 1.807) is 0 Å². The van der Waals surface area contributed by atoms with Gasteiger partial charge >= 0.3 is 0 Å². The van der Waals surface area contributed by atoms with Gasteiger partial charge in [0.15, 0.2) is 0 Å².